The zero-order chi connectivity index (χ0) is 19.6. The molecule has 1 saturated heterocycles. The van der Waals surface area contributed by atoms with Crippen LogP contribution in [0, 0.1) is 5.92 Å². The number of aliphatic hydroxyl groups is 1. The van der Waals surface area contributed by atoms with Crippen LogP contribution >= 0.6 is 10.6 Å². The SMILES string of the molecule is CC(C)(CO)c1cc(NC(=O)C(C)(C)S(O)(O)CC2CCOCC2)on1. The van der Waals surface area contributed by atoms with Gasteiger partial charge in [-0.15, -0.1) is 0 Å². The van der Waals surface area contributed by atoms with Gasteiger partial charge < -0.3 is 14.4 Å². The number of hydrogen-bond donors (Lipinski definition) is 4. The molecule has 8 nitrogen and oxygen atoms in total. The molecule has 1 fully saturated rings. The maximum absolute atomic E-state index is 12.7. The third-order valence-electron chi connectivity index (χ3n) is 5.01. The topological polar surface area (TPSA) is 125 Å². The molecular weight excluding hydrogens is 360 g/mol. The van der Waals surface area contributed by atoms with E-state index < -0.39 is 26.7 Å². The number of anilines is 1. The van der Waals surface area contributed by atoms with Crippen LogP contribution in [-0.2, 0) is 14.9 Å². The van der Waals surface area contributed by atoms with E-state index in [-0.39, 0.29) is 24.2 Å². The minimum absolute atomic E-state index is 0.112. The van der Waals surface area contributed by atoms with Crippen molar-refractivity contribution in [2.45, 2.75) is 50.7 Å². The van der Waals surface area contributed by atoms with Crippen molar-refractivity contribution in [3.05, 3.63) is 11.8 Å². The second-order valence-electron chi connectivity index (χ2n) is 7.97. The van der Waals surface area contributed by atoms with Gasteiger partial charge in [0.05, 0.1) is 12.3 Å². The quantitative estimate of drug-likeness (QED) is 0.564. The highest BCUT2D eigenvalue weighted by molar-refractivity contribution is 8.26. The molecule has 1 aromatic heterocycles. The molecule has 1 aromatic rings. The van der Waals surface area contributed by atoms with Crippen LogP contribution in [0.25, 0.3) is 0 Å². The van der Waals surface area contributed by atoms with Gasteiger partial charge in [-0.2, -0.15) is 10.6 Å². The van der Waals surface area contributed by atoms with Crippen molar-refractivity contribution in [1.82, 2.24) is 5.16 Å². The molecule has 9 heteroatoms. The van der Waals surface area contributed by atoms with E-state index in [2.05, 4.69) is 10.5 Å². The summed E-state index contributed by atoms with van der Waals surface area (Å²) < 4.78 is 30.4. The number of nitrogens with zero attached hydrogens (tertiary/aromatic N) is 1. The second-order valence-corrected chi connectivity index (χ2v) is 10.7. The van der Waals surface area contributed by atoms with E-state index in [9.17, 15) is 19.0 Å². The summed E-state index contributed by atoms with van der Waals surface area (Å²) in [7, 11) is -3.17. The Kier molecular flexibility index (Phi) is 6.40. The van der Waals surface area contributed by atoms with E-state index in [0.717, 1.165) is 12.8 Å². The molecule has 0 radical (unpaired) electrons. The van der Waals surface area contributed by atoms with Crippen molar-refractivity contribution >= 4 is 22.4 Å². The van der Waals surface area contributed by atoms with E-state index in [4.69, 9.17) is 9.26 Å². The third-order valence-corrected chi connectivity index (χ3v) is 7.76. The molecule has 1 amide bonds. The van der Waals surface area contributed by atoms with Gasteiger partial charge in [-0.25, -0.2) is 0 Å². The van der Waals surface area contributed by atoms with Crippen molar-refractivity contribution in [1.29, 1.82) is 0 Å². The maximum Gasteiger partial charge on any atom is 0.251 e. The van der Waals surface area contributed by atoms with Crippen molar-refractivity contribution in [3.63, 3.8) is 0 Å². The zero-order valence-corrected chi connectivity index (χ0v) is 16.6. The summed E-state index contributed by atoms with van der Waals surface area (Å²) in [5.41, 5.74) is -0.101. The molecule has 4 N–H and O–H groups in total. The van der Waals surface area contributed by atoms with E-state index in [1.807, 2.05) is 0 Å². The van der Waals surface area contributed by atoms with Gasteiger partial charge >= 0.3 is 0 Å². The van der Waals surface area contributed by atoms with Crippen molar-refractivity contribution in [2.24, 2.45) is 5.92 Å². The van der Waals surface area contributed by atoms with Crippen molar-refractivity contribution < 1.29 is 28.3 Å². The van der Waals surface area contributed by atoms with Gasteiger partial charge in [0.1, 0.15) is 4.75 Å². The Labute approximate surface area is 155 Å². The van der Waals surface area contributed by atoms with Crippen LogP contribution in [0.15, 0.2) is 10.6 Å². The van der Waals surface area contributed by atoms with Crippen LogP contribution in [-0.4, -0.2) is 55.6 Å². The largest absolute Gasteiger partial charge is 0.395 e. The van der Waals surface area contributed by atoms with Crippen LogP contribution in [0.2, 0.25) is 0 Å². The van der Waals surface area contributed by atoms with Crippen LogP contribution in [0.3, 0.4) is 0 Å². The van der Waals surface area contributed by atoms with Gasteiger partial charge in [-0.3, -0.25) is 19.2 Å². The molecule has 2 rings (SSSR count). The van der Waals surface area contributed by atoms with E-state index in [1.54, 1.807) is 13.8 Å². The summed E-state index contributed by atoms with van der Waals surface area (Å²) in [5, 5.41) is 15.8. The number of rotatable bonds is 7. The summed E-state index contributed by atoms with van der Waals surface area (Å²) in [6.07, 6.45) is 1.52. The summed E-state index contributed by atoms with van der Waals surface area (Å²) in [4.78, 5) is 12.7. The summed E-state index contributed by atoms with van der Waals surface area (Å²) in [6.45, 7) is 7.72. The molecule has 0 saturated carbocycles. The average molecular weight is 391 g/mol. The molecule has 26 heavy (non-hydrogen) atoms. The lowest BCUT2D eigenvalue weighted by molar-refractivity contribution is -0.118. The van der Waals surface area contributed by atoms with Crippen LogP contribution in [0.1, 0.15) is 46.2 Å². The minimum Gasteiger partial charge on any atom is -0.395 e. The normalized spacial score (nSPS) is 18.0. The highest BCUT2D eigenvalue weighted by Gasteiger charge is 2.43. The summed E-state index contributed by atoms with van der Waals surface area (Å²) in [5.74, 6) is -0.131. The van der Waals surface area contributed by atoms with Crippen molar-refractivity contribution in [3.8, 4) is 0 Å². The number of aliphatic hydroxyl groups excluding tert-OH is 1. The van der Waals surface area contributed by atoms with Gasteiger partial charge in [0.25, 0.3) is 5.91 Å². The summed E-state index contributed by atoms with van der Waals surface area (Å²) >= 11 is 0. The number of carbonyl (C=O) groups excluding carboxylic acids is 1. The monoisotopic (exact) mass is 390 g/mol. The first-order valence-electron chi connectivity index (χ1n) is 8.72. The first-order valence-corrected chi connectivity index (χ1v) is 10.4. The summed E-state index contributed by atoms with van der Waals surface area (Å²) in [6, 6.07) is 1.54. The first kappa shape index (κ1) is 21.2. The third kappa shape index (κ3) is 4.58. The highest BCUT2D eigenvalue weighted by atomic mass is 32.3. The van der Waals surface area contributed by atoms with Gasteiger partial charge in [0, 0.05) is 30.4 Å². The fraction of sp³-hybridized carbons (Fsp3) is 0.765. The number of nitrogens with one attached hydrogen (secondary N) is 1. The van der Waals surface area contributed by atoms with Gasteiger partial charge in [0.2, 0.25) is 5.88 Å². The van der Waals surface area contributed by atoms with Crippen LogP contribution in [0.4, 0.5) is 5.88 Å². The second kappa shape index (κ2) is 7.85. The molecule has 0 aliphatic carbocycles. The lowest BCUT2D eigenvalue weighted by Crippen LogP contribution is -2.44. The Bertz CT molecular complexity index is 623. The fourth-order valence-electron chi connectivity index (χ4n) is 2.60. The Morgan fingerprint density at radius 3 is 2.50 bits per heavy atom. The van der Waals surface area contributed by atoms with Crippen molar-refractivity contribution in [2.75, 3.05) is 30.9 Å². The predicted molar refractivity (Wildman–Crippen MR) is 101 cm³/mol. The van der Waals surface area contributed by atoms with Gasteiger partial charge in [0.15, 0.2) is 0 Å². The van der Waals surface area contributed by atoms with Crippen LogP contribution in [0.5, 0.6) is 0 Å². The van der Waals surface area contributed by atoms with Gasteiger partial charge in [-0.05, 0) is 32.6 Å². The van der Waals surface area contributed by atoms with E-state index in [1.165, 1.54) is 19.9 Å². The molecule has 0 aromatic carbocycles. The first-order chi connectivity index (χ1) is 12.0. The van der Waals surface area contributed by atoms with Gasteiger partial charge in [-0.1, -0.05) is 19.0 Å². The molecule has 150 valence electrons. The predicted octanol–water partition coefficient (Wildman–Crippen LogP) is 2.84. The molecule has 0 spiro atoms. The lowest BCUT2D eigenvalue weighted by atomic mass is 9.91. The molecule has 2 heterocycles. The molecule has 0 atom stereocenters. The Balaban J connectivity index is 2.06. The number of ether oxygens (including phenoxy) is 1. The standard InChI is InChI=1S/C17H30N2O6S/c1-16(2,11-20)13-9-14(25-19-13)18-15(21)17(3,4)26(22,23)10-12-5-7-24-8-6-12/h9,12,20,22-23H,5-8,10-11H2,1-4H3,(H,18,21). The number of carbonyl (C=O) groups is 1. The Hall–Kier alpha value is -1.13. The zero-order valence-electron chi connectivity index (χ0n) is 15.8. The molecule has 1 aliphatic heterocycles. The molecule has 0 unspecified atom stereocenters. The fourth-order valence-corrected chi connectivity index (χ4v) is 4.35. The highest BCUT2D eigenvalue weighted by Crippen LogP contribution is 2.54. The van der Waals surface area contributed by atoms with Crippen LogP contribution < -0.4 is 5.32 Å². The maximum atomic E-state index is 12.7. The minimum atomic E-state index is -3.17. The number of aromatic nitrogens is 1. The molecule has 1 aliphatic rings. The Morgan fingerprint density at radius 2 is 1.92 bits per heavy atom. The number of amides is 1. The van der Waals surface area contributed by atoms with E-state index >= 15 is 0 Å². The van der Waals surface area contributed by atoms with E-state index in [0.29, 0.717) is 18.9 Å². The smallest absolute Gasteiger partial charge is 0.251 e. The molecule has 0 bridgehead atoms. The Morgan fingerprint density at radius 1 is 1.31 bits per heavy atom. The lowest BCUT2D eigenvalue weighted by Gasteiger charge is -2.47. The number of hydrogen-bond acceptors (Lipinski definition) is 7. The molecular formula is C17H30N2O6S. The average Bonchev–Trinajstić information content (AvgIpc) is 3.04.